The van der Waals surface area contributed by atoms with Crippen LogP contribution in [0, 0.1) is 0 Å². The van der Waals surface area contributed by atoms with Crippen molar-refractivity contribution in [2.45, 2.75) is 158 Å². The smallest absolute Gasteiger partial charge is 0.309 e. The Balaban J connectivity index is 0.000000253. The number of allylic oxidation sites excluding steroid dienone is 8. The third-order valence-corrected chi connectivity index (χ3v) is 22.3. The minimum Gasteiger partial charge on any atom is -1.00 e. The number of amides is 3. The molecule has 3 amide bonds. The first-order valence-corrected chi connectivity index (χ1v) is 36.8. The van der Waals surface area contributed by atoms with Gasteiger partial charge in [0.1, 0.15) is 6.42 Å². The molecule has 12 rings (SSSR count). The van der Waals surface area contributed by atoms with E-state index in [1.807, 2.05) is 56.2 Å². The summed E-state index contributed by atoms with van der Waals surface area (Å²) in [7, 11) is 0. The molecule has 0 bridgehead atoms. The maximum absolute atomic E-state index is 13.1. The number of hydrogen-bond donors (Lipinski definition) is 1. The number of aliphatic carboxylic acids is 1. The van der Waals surface area contributed by atoms with Gasteiger partial charge in [-0.25, -0.2) is 0 Å². The summed E-state index contributed by atoms with van der Waals surface area (Å²) in [5, 5.41) is 19.1. The van der Waals surface area contributed by atoms with Crippen LogP contribution in [-0.4, -0.2) is 140 Å². The molecule has 0 atom stereocenters. The Morgan fingerprint density at radius 2 is 0.731 bits per heavy atom. The second-order valence-corrected chi connectivity index (χ2v) is 29.2. The maximum atomic E-state index is 13.1. The molecule has 0 spiro atoms. The Labute approximate surface area is 650 Å². The number of rotatable bonds is 22. The lowest BCUT2D eigenvalue weighted by Crippen LogP contribution is -3.00. The maximum Gasteiger partial charge on any atom is 0.309 e. The van der Waals surface area contributed by atoms with E-state index in [4.69, 9.17) is 5.11 Å². The molecule has 8 aromatic rings. The first kappa shape index (κ1) is 83.2. The summed E-state index contributed by atoms with van der Waals surface area (Å²) in [4.78, 5) is 57.7. The van der Waals surface area contributed by atoms with Crippen molar-refractivity contribution in [2.24, 2.45) is 0 Å². The zero-order valence-electron chi connectivity index (χ0n) is 64.1. The Morgan fingerprint density at radius 3 is 1.14 bits per heavy atom. The number of anilines is 1. The van der Waals surface area contributed by atoms with E-state index in [9.17, 15) is 19.2 Å². The first-order chi connectivity index (χ1) is 48.3. The molecule has 104 heavy (non-hydrogen) atoms. The van der Waals surface area contributed by atoms with Crippen LogP contribution in [0.25, 0.3) is 43.1 Å². The van der Waals surface area contributed by atoms with Gasteiger partial charge in [-0.05, 0) is 162 Å². The molecule has 12 nitrogen and oxygen atoms in total. The van der Waals surface area contributed by atoms with Gasteiger partial charge in [0, 0.05) is 124 Å². The molecule has 4 aliphatic heterocycles. The van der Waals surface area contributed by atoms with Crippen LogP contribution in [0.3, 0.4) is 0 Å². The van der Waals surface area contributed by atoms with Gasteiger partial charge in [0.25, 0.3) is 0 Å². The fraction of sp³-hybridized carbons (Fsp3) is 0.382. The Kier molecular flexibility index (Phi) is 28.2. The molecule has 1 N–H and O–H groups in total. The standard InChI is InChI=1S/C49H59N4O2.C22H29N2O.C18H19NO2.3BrH/c1-9-50(10-2)44(54)32-34-52-40-30-28-36-22-18-20-24-38(36)46(40)48(5,6)42(52)26-16-14-13-15-17-27-43-49(7,8)47-39-25-21-19-23-37(39)29-31-41(47)53(43)35-33-45(55)51(11-3)12-4;1-6-23(7-2)20(25)14-15-24-16(3)22(4,5)21-18-11-9-8-10-17(18)12-13-19(21)24;1-12-18(2,3)17-14-7-5-4-6-13(14)8-9-15(17)19(12)11-10-16(20)21;;;/h13-31H,9-12,32-35H2,1-8H3;8-13H,6-7,14-15H2,1-5H3;4-9H,10-11H2,1-3H3;3*1H/q2*+1;;;;/p-2. The minimum absolute atomic E-state index is 0. The van der Waals surface area contributed by atoms with E-state index >= 15 is 0 Å². The molecule has 4 heterocycles. The molecule has 0 fully saturated rings. The van der Waals surface area contributed by atoms with Crippen molar-refractivity contribution in [2.75, 3.05) is 70.3 Å². The number of halogens is 3. The van der Waals surface area contributed by atoms with Crippen molar-refractivity contribution in [1.82, 2.24) is 14.7 Å². The molecule has 15 heteroatoms. The highest BCUT2D eigenvalue weighted by Crippen LogP contribution is 2.52. The molecule has 8 aromatic carbocycles. The van der Waals surface area contributed by atoms with E-state index in [0.29, 0.717) is 38.9 Å². The SMILES string of the molecule is CC1=[N+](CCC(=O)O)c2ccc3ccccc3c2C1(C)C.CCN(CC)C(=O)CCN1/C(=C/C=C/C=C/C=C/C2=[N+](CCC(=O)N(CC)CC)c3ccc4ccccc4c3C2(C)C)C(C)(C)c2c1ccc1ccccc21.CCN(CC)C(=O)CC[N+]1=C(C)C(C)(C)c2c1ccc1ccccc21.[Br-].[Br-].[Br-]. The lowest BCUT2D eigenvalue weighted by atomic mass is 9.79. The Morgan fingerprint density at radius 1 is 0.394 bits per heavy atom. The van der Waals surface area contributed by atoms with Gasteiger partial charge in [0.05, 0.1) is 29.1 Å². The fourth-order valence-corrected chi connectivity index (χ4v) is 16.3. The van der Waals surface area contributed by atoms with Crippen LogP contribution in [0.15, 0.2) is 194 Å². The highest BCUT2D eigenvalue weighted by molar-refractivity contribution is 6.08. The summed E-state index contributed by atoms with van der Waals surface area (Å²) < 4.78 is 6.87. The summed E-state index contributed by atoms with van der Waals surface area (Å²) in [6.07, 6.45) is 16.6. The summed E-state index contributed by atoms with van der Waals surface area (Å²) >= 11 is 0. The van der Waals surface area contributed by atoms with Gasteiger partial charge in [-0.1, -0.05) is 147 Å². The number of nitrogens with zero attached hydrogens (tertiary/aromatic N) is 7. The van der Waals surface area contributed by atoms with Crippen LogP contribution in [-0.2, 0) is 40.8 Å². The van der Waals surface area contributed by atoms with E-state index in [0.717, 1.165) is 51.5 Å². The highest BCUT2D eigenvalue weighted by Gasteiger charge is 2.48. The second-order valence-electron chi connectivity index (χ2n) is 29.2. The van der Waals surface area contributed by atoms with Gasteiger partial charge in [0.2, 0.25) is 34.8 Å². The van der Waals surface area contributed by atoms with Gasteiger partial charge >= 0.3 is 5.97 Å². The van der Waals surface area contributed by atoms with Gasteiger partial charge < -0.3 is 75.7 Å². The summed E-state index contributed by atoms with van der Waals surface area (Å²) in [6.45, 7) is 41.8. The zero-order chi connectivity index (χ0) is 72.7. The number of benzene rings is 8. The van der Waals surface area contributed by atoms with Gasteiger partial charge in [-0.2, -0.15) is 13.7 Å². The average molecular weight is 1600 g/mol. The van der Waals surface area contributed by atoms with Crippen LogP contribution in [0.5, 0.6) is 0 Å². The normalized spacial score (nSPS) is 15.9. The summed E-state index contributed by atoms with van der Waals surface area (Å²) in [6, 6.07) is 51.7. The lowest BCUT2D eigenvalue weighted by molar-refractivity contribution is -0.438. The molecular formula is C89H108Br3N7O5. The predicted octanol–water partition coefficient (Wildman–Crippen LogP) is 9.45. The van der Waals surface area contributed by atoms with Crippen molar-refractivity contribution < 1.29 is 89.0 Å². The quantitative estimate of drug-likeness (QED) is 0.0535. The largest absolute Gasteiger partial charge is 1.00 e. The van der Waals surface area contributed by atoms with Crippen molar-refractivity contribution in [3.8, 4) is 0 Å². The van der Waals surface area contributed by atoms with Crippen molar-refractivity contribution in [1.29, 1.82) is 0 Å². The molecule has 0 aromatic heterocycles. The zero-order valence-corrected chi connectivity index (χ0v) is 68.9. The molecule has 0 saturated heterocycles. The van der Waals surface area contributed by atoms with E-state index in [-0.39, 0.29) is 96.7 Å². The monoisotopic (exact) mass is 1590 g/mol. The number of fused-ring (bicyclic) bond motifs is 12. The van der Waals surface area contributed by atoms with Crippen LogP contribution in [0.2, 0.25) is 0 Å². The van der Waals surface area contributed by atoms with Crippen LogP contribution in [0.4, 0.5) is 22.7 Å². The van der Waals surface area contributed by atoms with Crippen molar-refractivity contribution in [3.05, 3.63) is 216 Å². The number of carbonyl (C=O) groups excluding carboxylic acids is 3. The lowest BCUT2D eigenvalue weighted by Gasteiger charge is -2.28. The average Bonchev–Trinajstić information content (AvgIpc) is 1.59. The van der Waals surface area contributed by atoms with Crippen molar-refractivity contribution in [3.63, 3.8) is 0 Å². The molecule has 0 saturated carbocycles. The van der Waals surface area contributed by atoms with Crippen molar-refractivity contribution >= 4 is 107 Å². The van der Waals surface area contributed by atoms with Gasteiger partial charge in [-0.3, -0.25) is 19.2 Å². The molecule has 0 aliphatic carbocycles. The third-order valence-electron chi connectivity index (χ3n) is 22.3. The van der Waals surface area contributed by atoms with Crippen LogP contribution >= 0.6 is 0 Å². The summed E-state index contributed by atoms with van der Waals surface area (Å²) in [5.74, 6) is -0.134. The van der Waals surface area contributed by atoms with E-state index in [1.165, 1.54) is 105 Å². The van der Waals surface area contributed by atoms with Gasteiger partial charge in [0.15, 0.2) is 36.8 Å². The number of carbonyl (C=O) groups is 4. The van der Waals surface area contributed by atoms with Crippen LogP contribution < -0.4 is 55.8 Å². The third kappa shape index (κ3) is 16.5. The Bertz CT molecular complexity index is 4730. The fourth-order valence-electron chi connectivity index (χ4n) is 16.3. The Hall–Kier alpha value is -8.11. The topological polar surface area (TPSA) is 110 Å². The molecule has 4 aliphatic rings. The minimum atomic E-state index is -0.755. The van der Waals surface area contributed by atoms with E-state index in [1.54, 1.807) is 0 Å². The number of hydrogen-bond acceptors (Lipinski definition) is 5. The number of carboxylic acids is 1. The molecule has 0 radical (unpaired) electrons. The van der Waals surface area contributed by atoms with Gasteiger partial charge in [-0.15, -0.1) is 0 Å². The first-order valence-electron chi connectivity index (χ1n) is 36.8. The summed E-state index contributed by atoms with van der Waals surface area (Å²) in [5.41, 5.74) is 14.4. The second kappa shape index (κ2) is 35.3. The van der Waals surface area contributed by atoms with Crippen LogP contribution in [0.1, 0.15) is 159 Å². The van der Waals surface area contributed by atoms with E-state index < -0.39 is 5.97 Å². The molecule has 550 valence electrons. The van der Waals surface area contributed by atoms with E-state index in [2.05, 4.69) is 276 Å². The molecule has 0 unspecified atom stereocenters. The number of carboxylic acid groups (broad SMARTS) is 1. The predicted molar refractivity (Wildman–Crippen MR) is 421 cm³/mol. The highest BCUT2D eigenvalue weighted by atomic mass is 79.9. The molecular weight excluding hydrogens is 1490 g/mol.